The fourth-order valence-electron chi connectivity index (χ4n) is 3.20. The first-order chi connectivity index (χ1) is 12.6. The molecule has 6 nitrogen and oxygen atoms in total. The van der Waals surface area contributed by atoms with Crippen molar-refractivity contribution in [3.8, 4) is 0 Å². The highest BCUT2D eigenvalue weighted by Gasteiger charge is 2.34. The Morgan fingerprint density at radius 1 is 1.12 bits per heavy atom. The Morgan fingerprint density at radius 2 is 1.88 bits per heavy atom. The lowest BCUT2D eigenvalue weighted by atomic mass is 10.0. The molecular weight excluding hydrogens is 350 g/mol. The lowest BCUT2D eigenvalue weighted by Crippen LogP contribution is -2.45. The molecule has 0 unspecified atom stereocenters. The summed E-state index contributed by atoms with van der Waals surface area (Å²) in [5.41, 5.74) is 0.776. The highest BCUT2D eigenvalue weighted by atomic mass is 32.2. The molecule has 1 aliphatic rings. The molecule has 1 fully saturated rings. The number of amides is 1. The third-order valence-electron chi connectivity index (χ3n) is 4.54. The lowest BCUT2D eigenvalue weighted by Gasteiger charge is -2.34. The fraction of sp³-hybridized carbons (Fsp3) is 0.368. The number of nitrogens with zero attached hydrogens (tertiary/aromatic N) is 2. The second-order valence-electron chi connectivity index (χ2n) is 6.38. The van der Waals surface area contributed by atoms with Crippen LogP contribution in [-0.2, 0) is 21.4 Å². The lowest BCUT2D eigenvalue weighted by molar-refractivity contribution is -0.122. The summed E-state index contributed by atoms with van der Waals surface area (Å²) in [6, 6.07) is 13.6. The zero-order valence-electron chi connectivity index (χ0n) is 14.5. The number of hydrogen-bond acceptors (Lipinski definition) is 4. The molecule has 7 heteroatoms. The minimum atomic E-state index is -3.58. The van der Waals surface area contributed by atoms with Gasteiger partial charge in [-0.15, -0.1) is 0 Å². The summed E-state index contributed by atoms with van der Waals surface area (Å²) in [6.45, 7) is 0.799. The molecule has 0 spiro atoms. The molecule has 1 N–H and O–H groups in total. The van der Waals surface area contributed by atoms with Crippen LogP contribution in [0.15, 0.2) is 59.6 Å². The second kappa shape index (κ2) is 8.42. The van der Waals surface area contributed by atoms with E-state index in [1.807, 2.05) is 18.2 Å². The molecule has 1 aromatic heterocycles. The minimum Gasteiger partial charge on any atom is -0.350 e. The monoisotopic (exact) mass is 373 g/mol. The molecule has 0 bridgehead atoms. The van der Waals surface area contributed by atoms with Crippen LogP contribution >= 0.6 is 0 Å². The van der Waals surface area contributed by atoms with Gasteiger partial charge in [0.2, 0.25) is 15.9 Å². The number of sulfonamides is 1. The summed E-state index contributed by atoms with van der Waals surface area (Å²) in [6.07, 6.45) is 4.29. The van der Waals surface area contributed by atoms with Crippen molar-refractivity contribution in [3.63, 3.8) is 0 Å². The summed E-state index contributed by atoms with van der Waals surface area (Å²) >= 11 is 0. The SMILES string of the molecule is O=C(C[C@@H]1CCCCN1S(=O)(=O)c1ccccc1)NCc1ccccn1. The number of carbonyl (C=O) groups is 1. The molecule has 26 heavy (non-hydrogen) atoms. The molecular formula is C19H23N3O3S. The predicted molar refractivity (Wildman–Crippen MR) is 98.7 cm³/mol. The van der Waals surface area contributed by atoms with Crippen LogP contribution in [0, 0.1) is 0 Å². The van der Waals surface area contributed by atoms with Crippen LogP contribution in [0.1, 0.15) is 31.4 Å². The van der Waals surface area contributed by atoms with Gasteiger partial charge in [0.25, 0.3) is 0 Å². The molecule has 1 amide bonds. The Bertz CT molecular complexity index is 826. The summed E-state index contributed by atoms with van der Waals surface area (Å²) in [4.78, 5) is 16.8. The standard InChI is InChI=1S/C19H23N3O3S/c23-19(21-15-16-8-4-6-12-20-16)14-17-9-5-7-13-22(17)26(24,25)18-10-2-1-3-11-18/h1-4,6,8,10-12,17H,5,7,9,13-15H2,(H,21,23)/t17-/m0/s1. The summed E-state index contributed by atoms with van der Waals surface area (Å²) in [7, 11) is -3.58. The fourth-order valence-corrected chi connectivity index (χ4v) is 4.91. The minimum absolute atomic E-state index is 0.157. The van der Waals surface area contributed by atoms with Crippen molar-refractivity contribution >= 4 is 15.9 Å². The van der Waals surface area contributed by atoms with Crippen molar-refractivity contribution in [2.75, 3.05) is 6.54 Å². The number of piperidine rings is 1. The third kappa shape index (κ3) is 4.47. The first-order valence-corrected chi connectivity index (χ1v) is 10.2. The number of nitrogens with one attached hydrogen (secondary N) is 1. The maximum absolute atomic E-state index is 12.9. The zero-order chi connectivity index (χ0) is 18.4. The number of pyridine rings is 1. The molecule has 1 saturated heterocycles. The first-order valence-electron chi connectivity index (χ1n) is 8.81. The van der Waals surface area contributed by atoms with E-state index < -0.39 is 10.0 Å². The largest absolute Gasteiger partial charge is 0.350 e. The van der Waals surface area contributed by atoms with Crippen LogP contribution in [-0.4, -0.2) is 36.2 Å². The summed E-state index contributed by atoms with van der Waals surface area (Å²) < 4.78 is 27.4. The van der Waals surface area contributed by atoms with E-state index in [0.29, 0.717) is 19.5 Å². The quantitative estimate of drug-likeness (QED) is 0.843. The van der Waals surface area contributed by atoms with Crippen molar-refractivity contribution < 1.29 is 13.2 Å². The number of hydrogen-bond donors (Lipinski definition) is 1. The topological polar surface area (TPSA) is 79.4 Å². The molecule has 1 aromatic carbocycles. The number of benzene rings is 1. The van der Waals surface area contributed by atoms with Gasteiger partial charge in [0, 0.05) is 25.2 Å². The predicted octanol–water partition coefficient (Wildman–Crippen LogP) is 2.33. The van der Waals surface area contributed by atoms with Crippen molar-refractivity contribution in [1.29, 1.82) is 0 Å². The van der Waals surface area contributed by atoms with Crippen LogP contribution in [0.2, 0.25) is 0 Å². The maximum Gasteiger partial charge on any atom is 0.243 e. The molecule has 0 aliphatic carbocycles. The van der Waals surface area contributed by atoms with Crippen LogP contribution in [0.3, 0.4) is 0 Å². The molecule has 1 aliphatic heterocycles. The average molecular weight is 373 g/mol. The molecule has 2 heterocycles. The molecule has 0 saturated carbocycles. The first kappa shape index (κ1) is 18.5. The van der Waals surface area contributed by atoms with Crippen molar-refractivity contribution in [1.82, 2.24) is 14.6 Å². The van der Waals surface area contributed by atoms with E-state index in [0.717, 1.165) is 18.5 Å². The number of rotatable bonds is 6. The van der Waals surface area contributed by atoms with E-state index in [1.54, 1.807) is 36.5 Å². The van der Waals surface area contributed by atoms with Gasteiger partial charge in [0.05, 0.1) is 17.1 Å². The highest BCUT2D eigenvalue weighted by molar-refractivity contribution is 7.89. The second-order valence-corrected chi connectivity index (χ2v) is 8.27. The van der Waals surface area contributed by atoms with Crippen molar-refractivity contribution in [2.45, 2.75) is 43.2 Å². The van der Waals surface area contributed by atoms with Gasteiger partial charge in [-0.2, -0.15) is 4.31 Å². The third-order valence-corrected chi connectivity index (χ3v) is 6.50. The molecule has 138 valence electrons. The van der Waals surface area contributed by atoms with Crippen LogP contribution in [0.5, 0.6) is 0 Å². The van der Waals surface area contributed by atoms with Crippen molar-refractivity contribution in [2.24, 2.45) is 0 Å². The molecule has 3 rings (SSSR count). The van der Waals surface area contributed by atoms with Gasteiger partial charge in [-0.25, -0.2) is 8.42 Å². The normalized spacial score (nSPS) is 18.4. The Labute approximate surface area is 154 Å². The van der Waals surface area contributed by atoms with E-state index in [1.165, 1.54) is 4.31 Å². The van der Waals surface area contributed by atoms with Crippen LogP contribution < -0.4 is 5.32 Å². The number of aromatic nitrogens is 1. The maximum atomic E-state index is 12.9. The smallest absolute Gasteiger partial charge is 0.243 e. The molecule has 1 atom stereocenters. The summed E-state index contributed by atoms with van der Waals surface area (Å²) in [5.74, 6) is -0.157. The van der Waals surface area contributed by atoms with Crippen LogP contribution in [0.25, 0.3) is 0 Å². The molecule has 0 radical (unpaired) electrons. The van der Waals surface area contributed by atoms with Crippen molar-refractivity contribution in [3.05, 3.63) is 60.4 Å². The number of carbonyl (C=O) groups excluding carboxylic acids is 1. The van der Waals surface area contributed by atoms with Gasteiger partial charge in [-0.1, -0.05) is 30.7 Å². The van der Waals surface area contributed by atoms with Gasteiger partial charge in [-0.3, -0.25) is 9.78 Å². The Kier molecular flexibility index (Phi) is 6.00. The summed E-state index contributed by atoms with van der Waals surface area (Å²) in [5, 5.41) is 2.84. The highest BCUT2D eigenvalue weighted by Crippen LogP contribution is 2.27. The van der Waals surface area contributed by atoms with Gasteiger partial charge < -0.3 is 5.32 Å². The molecule has 2 aromatic rings. The van der Waals surface area contributed by atoms with E-state index >= 15 is 0 Å². The Balaban J connectivity index is 1.66. The van der Waals surface area contributed by atoms with E-state index in [4.69, 9.17) is 0 Å². The Hall–Kier alpha value is -2.25. The van der Waals surface area contributed by atoms with Gasteiger partial charge in [0.1, 0.15) is 0 Å². The average Bonchev–Trinajstić information content (AvgIpc) is 2.68. The van der Waals surface area contributed by atoms with Gasteiger partial charge in [-0.05, 0) is 37.1 Å². The van der Waals surface area contributed by atoms with E-state index in [-0.39, 0.29) is 23.3 Å². The van der Waals surface area contributed by atoms with E-state index in [9.17, 15) is 13.2 Å². The van der Waals surface area contributed by atoms with Gasteiger partial charge in [0.15, 0.2) is 0 Å². The zero-order valence-corrected chi connectivity index (χ0v) is 15.4. The van der Waals surface area contributed by atoms with Gasteiger partial charge >= 0.3 is 0 Å². The van der Waals surface area contributed by atoms with Crippen LogP contribution in [0.4, 0.5) is 0 Å². The van der Waals surface area contributed by atoms with E-state index in [2.05, 4.69) is 10.3 Å². The Morgan fingerprint density at radius 3 is 2.62 bits per heavy atom.